The number of hydrogen-bond donors (Lipinski definition) is 0. The first-order valence-electron chi connectivity index (χ1n) is 7.88. The molecule has 2 saturated heterocycles. The third-order valence-electron chi connectivity index (χ3n) is 4.71. The number of nitrogens with zero attached hydrogens (tertiary/aromatic N) is 1. The molecule has 2 atom stereocenters. The number of hydrogen-bond acceptors (Lipinski definition) is 2. The molecule has 3 nitrogen and oxygen atoms in total. The van der Waals surface area contributed by atoms with Crippen LogP contribution in [0.4, 0.5) is 0 Å². The largest absolute Gasteiger partial charge is 0.330 e. The molecule has 2 unspecified atom stereocenters. The molecule has 2 aromatic carbocycles. The molecular formula is C19H22NO2+. The maximum absolute atomic E-state index is 6.54. The summed E-state index contributed by atoms with van der Waals surface area (Å²) >= 11 is 0. The van der Waals surface area contributed by atoms with Crippen molar-refractivity contribution in [2.45, 2.75) is 18.0 Å². The molecule has 0 amide bonds. The van der Waals surface area contributed by atoms with Crippen LogP contribution in [0.5, 0.6) is 0 Å². The van der Waals surface area contributed by atoms with E-state index in [1.54, 1.807) is 0 Å². The fraction of sp³-hybridized carbons (Fsp3) is 0.368. The van der Waals surface area contributed by atoms with Crippen molar-refractivity contribution in [2.24, 2.45) is 0 Å². The van der Waals surface area contributed by atoms with Crippen LogP contribution in [-0.4, -0.2) is 43.9 Å². The highest BCUT2D eigenvalue weighted by Crippen LogP contribution is 2.45. The molecule has 2 aliphatic heterocycles. The van der Waals surface area contributed by atoms with Crippen LogP contribution in [0.1, 0.15) is 11.1 Å². The average Bonchev–Trinajstić information content (AvgIpc) is 3.00. The molecule has 2 aromatic rings. The number of ether oxygens (including phenoxy) is 2. The molecule has 0 bridgehead atoms. The Hall–Kier alpha value is -1.68. The van der Waals surface area contributed by atoms with Crippen molar-refractivity contribution in [1.82, 2.24) is 0 Å². The van der Waals surface area contributed by atoms with Crippen LogP contribution in [-0.2, 0) is 15.3 Å². The predicted octanol–water partition coefficient (Wildman–Crippen LogP) is 2.76. The van der Waals surface area contributed by atoms with Gasteiger partial charge in [0.15, 0.2) is 0 Å². The Labute approximate surface area is 131 Å². The Balaban J connectivity index is 1.77. The maximum atomic E-state index is 6.54. The Morgan fingerprint density at radius 2 is 1.18 bits per heavy atom. The lowest BCUT2D eigenvalue weighted by molar-refractivity contribution is -0.882. The van der Waals surface area contributed by atoms with Crippen molar-refractivity contribution in [3.05, 3.63) is 71.8 Å². The van der Waals surface area contributed by atoms with Gasteiger partial charge < -0.3 is 14.0 Å². The minimum absolute atomic E-state index is 0.149. The first-order valence-corrected chi connectivity index (χ1v) is 7.88. The number of rotatable bonds is 2. The van der Waals surface area contributed by atoms with Crippen molar-refractivity contribution < 1.29 is 14.0 Å². The van der Waals surface area contributed by atoms with Crippen LogP contribution >= 0.6 is 0 Å². The molecule has 0 aromatic heterocycles. The predicted molar refractivity (Wildman–Crippen MR) is 85.3 cm³/mol. The smallest absolute Gasteiger partial charge is 0.223 e. The number of fused-ring (bicyclic) bond motifs is 1. The van der Waals surface area contributed by atoms with Gasteiger partial charge in [-0.05, 0) is 0 Å². The van der Waals surface area contributed by atoms with Crippen molar-refractivity contribution in [1.29, 1.82) is 0 Å². The minimum Gasteiger partial charge on any atom is -0.330 e. The van der Waals surface area contributed by atoms with Gasteiger partial charge in [0.2, 0.25) is 5.79 Å². The van der Waals surface area contributed by atoms with Gasteiger partial charge in [-0.15, -0.1) is 0 Å². The molecule has 3 heteroatoms. The van der Waals surface area contributed by atoms with Gasteiger partial charge in [-0.3, -0.25) is 0 Å². The lowest BCUT2D eigenvalue weighted by atomic mass is 9.97. The Kier molecular flexibility index (Phi) is 3.12. The average molecular weight is 296 g/mol. The molecule has 0 radical (unpaired) electrons. The summed E-state index contributed by atoms with van der Waals surface area (Å²) in [6.45, 7) is 1.98. The third-order valence-corrected chi connectivity index (χ3v) is 4.71. The zero-order chi connectivity index (χ0) is 15.2. The van der Waals surface area contributed by atoms with Crippen molar-refractivity contribution in [3.8, 4) is 0 Å². The van der Waals surface area contributed by atoms with Crippen LogP contribution in [0.2, 0.25) is 0 Å². The fourth-order valence-corrected chi connectivity index (χ4v) is 3.72. The van der Waals surface area contributed by atoms with E-state index in [0.717, 1.165) is 28.7 Å². The van der Waals surface area contributed by atoms with Gasteiger partial charge >= 0.3 is 0 Å². The monoisotopic (exact) mass is 296 g/mol. The lowest BCUT2D eigenvalue weighted by Crippen LogP contribution is -2.41. The van der Waals surface area contributed by atoms with E-state index in [1.165, 1.54) is 0 Å². The molecular weight excluding hydrogens is 274 g/mol. The third kappa shape index (κ3) is 2.17. The summed E-state index contributed by atoms with van der Waals surface area (Å²) in [5, 5.41) is 0. The SMILES string of the molecule is C[N+]1(C)CC2OC(c3ccccc3)(c3ccccc3)OC2C1. The summed E-state index contributed by atoms with van der Waals surface area (Å²) in [4.78, 5) is 0. The fourth-order valence-electron chi connectivity index (χ4n) is 3.72. The van der Waals surface area contributed by atoms with E-state index in [9.17, 15) is 0 Å². The van der Waals surface area contributed by atoms with E-state index in [-0.39, 0.29) is 12.2 Å². The highest BCUT2D eigenvalue weighted by atomic mass is 16.8. The second kappa shape index (κ2) is 4.92. The summed E-state index contributed by atoms with van der Waals surface area (Å²) < 4.78 is 14.0. The molecule has 4 rings (SSSR count). The van der Waals surface area contributed by atoms with E-state index in [0.29, 0.717) is 0 Å². The standard InChI is InChI=1S/C19H22NO2/c1-20(2)13-17-18(14-20)22-19(21-17,15-9-5-3-6-10-15)16-11-7-4-8-12-16/h3-12,17-18H,13-14H2,1-2H3/q+1. The summed E-state index contributed by atoms with van der Waals surface area (Å²) in [7, 11) is 4.47. The second-order valence-electron chi connectivity index (χ2n) is 6.96. The summed E-state index contributed by atoms with van der Waals surface area (Å²) in [5.41, 5.74) is 2.14. The van der Waals surface area contributed by atoms with Crippen molar-refractivity contribution in [3.63, 3.8) is 0 Å². The quantitative estimate of drug-likeness (QED) is 0.793. The number of benzene rings is 2. The Morgan fingerprint density at radius 1 is 0.773 bits per heavy atom. The van der Waals surface area contributed by atoms with Gasteiger partial charge in [0.25, 0.3) is 0 Å². The second-order valence-corrected chi connectivity index (χ2v) is 6.96. The Bertz CT molecular complexity index is 596. The lowest BCUT2D eigenvalue weighted by Gasteiger charge is -2.32. The molecule has 114 valence electrons. The summed E-state index contributed by atoms with van der Waals surface area (Å²) in [5.74, 6) is -0.766. The summed E-state index contributed by atoms with van der Waals surface area (Å²) in [6.07, 6.45) is 0.297. The minimum atomic E-state index is -0.766. The number of likely N-dealkylation sites (tertiary alicyclic amines) is 1. The molecule has 2 fully saturated rings. The summed E-state index contributed by atoms with van der Waals surface area (Å²) in [6, 6.07) is 20.6. The number of likely N-dealkylation sites (N-methyl/N-ethyl adjacent to an activating group) is 1. The topological polar surface area (TPSA) is 18.5 Å². The maximum Gasteiger partial charge on any atom is 0.223 e. The van der Waals surface area contributed by atoms with Gasteiger partial charge in [0.1, 0.15) is 25.3 Å². The van der Waals surface area contributed by atoms with Gasteiger partial charge in [-0.2, -0.15) is 0 Å². The first-order chi connectivity index (χ1) is 10.6. The molecule has 22 heavy (non-hydrogen) atoms. The molecule has 2 heterocycles. The molecule has 0 spiro atoms. The van der Waals surface area contributed by atoms with Gasteiger partial charge in [0.05, 0.1) is 14.1 Å². The zero-order valence-corrected chi connectivity index (χ0v) is 13.1. The van der Waals surface area contributed by atoms with Crippen molar-refractivity contribution in [2.75, 3.05) is 27.2 Å². The van der Waals surface area contributed by atoms with Crippen LogP contribution in [0.3, 0.4) is 0 Å². The highest BCUT2D eigenvalue weighted by Gasteiger charge is 2.56. The zero-order valence-electron chi connectivity index (χ0n) is 13.1. The normalized spacial score (nSPS) is 28.5. The molecule has 2 aliphatic rings. The van der Waals surface area contributed by atoms with E-state index in [1.807, 2.05) is 36.4 Å². The van der Waals surface area contributed by atoms with Crippen LogP contribution in [0.15, 0.2) is 60.7 Å². The molecule has 0 saturated carbocycles. The van der Waals surface area contributed by atoms with E-state index < -0.39 is 5.79 Å². The van der Waals surface area contributed by atoms with E-state index >= 15 is 0 Å². The van der Waals surface area contributed by atoms with E-state index in [4.69, 9.17) is 9.47 Å². The molecule has 0 N–H and O–H groups in total. The van der Waals surface area contributed by atoms with Crippen LogP contribution < -0.4 is 0 Å². The van der Waals surface area contributed by atoms with Crippen molar-refractivity contribution >= 4 is 0 Å². The van der Waals surface area contributed by atoms with Gasteiger partial charge in [-0.25, -0.2) is 0 Å². The van der Waals surface area contributed by atoms with Gasteiger partial charge in [-0.1, -0.05) is 60.7 Å². The number of quaternary nitrogens is 1. The van der Waals surface area contributed by atoms with Gasteiger partial charge in [0, 0.05) is 11.1 Å². The molecule has 0 aliphatic carbocycles. The first kappa shape index (κ1) is 13.9. The highest BCUT2D eigenvalue weighted by molar-refractivity contribution is 5.35. The van der Waals surface area contributed by atoms with E-state index in [2.05, 4.69) is 38.4 Å². The Morgan fingerprint density at radius 3 is 1.59 bits per heavy atom. The van der Waals surface area contributed by atoms with Crippen LogP contribution in [0, 0.1) is 0 Å². The van der Waals surface area contributed by atoms with Crippen LogP contribution in [0.25, 0.3) is 0 Å².